The maximum atomic E-state index is 15.1. The van der Waals surface area contributed by atoms with Gasteiger partial charge < -0.3 is 34.2 Å². The molecule has 5 rings (SSSR count). The number of nitriles is 1. The van der Waals surface area contributed by atoms with Gasteiger partial charge in [0.2, 0.25) is 5.88 Å². The van der Waals surface area contributed by atoms with E-state index in [4.69, 9.17) is 14.2 Å². The van der Waals surface area contributed by atoms with Crippen molar-refractivity contribution in [1.29, 1.82) is 5.26 Å². The summed E-state index contributed by atoms with van der Waals surface area (Å²) in [6.07, 6.45) is -1.08. The first-order chi connectivity index (χ1) is 22.3. The molecule has 2 aliphatic heterocycles. The quantitative estimate of drug-likeness (QED) is 0.357. The van der Waals surface area contributed by atoms with Crippen molar-refractivity contribution in [3.8, 4) is 29.0 Å². The van der Waals surface area contributed by atoms with Crippen LogP contribution < -0.4 is 19.7 Å². The Balaban J connectivity index is 1.28. The van der Waals surface area contributed by atoms with Crippen molar-refractivity contribution in [2.24, 2.45) is 0 Å². The number of amides is 1. The van der Waals surface area contributed by atoms with Gasteiger partial charge >= 0.3 is 12.0 Å². The summed E-state index contributed by atoms with van der Waals surface area (Å²) in [6, 6.07) is 12.5. The van der Waals surface area contributed by atoms with Gasteiger partial charge in [-0.1, -0.05) is 0 Å². The highest BCUT2D eigenvalue weighted by Crippen LogP contribution is 2.35. The largest absolute Gasteiger partial charge is 0.483 e. The lowest BCUT2D eigenvalue weighted by Crippen LogP contribution is -2.56. The van der Waals surface area contributed by atoms with Gasteiger partial charge in [-0.3, -0.25) is 0 Å². The van der Waals surface area contributed by atoms with Gasteiger partial charge in [-0.05, 0) is 65.1 Å². The molecule has 0 aliphatic carbocycles. The second-order valence-corrected chi connectivity index (χ2v) is 12.8. The summed E-state index contributed by atoms with van der Waals surface area (Å²) in [7, 11) is 3.70. The van der Waals surface area contributed by atoms with Crippen LogP contribution in [0.5, 0.6) is 11.6 Å². The Kier molecular flexibility index (Phi) is 9.67. The zero-order valence-electron chi connectivity index (χ0n) is 27.5. The van der Waals surface area contributed by atoms with Crippen LogP contribution in [0.2, 0.25) is 0 Å². The van der Waals surface area contributed by atoms with Crippen LogP contribution in [0.3, 0.4) is 0 Å². The molecule has 1 N–H and O–H groups in total. The number of rotatable bonds is 7. The lowest BCUT2D eigenvalue weighted by molar-refractivity contribution is -0.137. The zero-order chi connectivity index (χ0) is 33.9. The number of likely N-dealkylation sites (N-methyl/N-ethyl adjacent to an activating group) is 1. The number of nitrogens with zero attached hydrogens (tertiary/aromatic N) is 7. The predicted octanol–water partition coefficient (Wildman–Crippen LogP) is 5.33. The van der Waals surface area contributed by atoms with E-state index in [2.05, 4.69) is 44.0 Å². The van der Waals surface area contributed by atoms with Crippen LogP contribution in [0.1, 0.15) is 39.7 Å². The van der Waals surface area contributed by atoms with Crippen molar-refractivity contribution in [1.82, 2.24) is 24.8 Å². The van der Waals surface area contributed by atoms with Gasteiger partial charge in [-0.2, -0.15) is 10.2 Å². The molecule has 12 nitrogen and oxygen atoms in total. The lowest BCUT2D eigenvalue weighted by atomic mass is 10.0. The minimum absolute atomic E-state index is 0.0186. The number of piperidine rings is 1. The van der Waals surface area contributed by atoms with Gasteiger partial charge in [-0.25, -0.2) is 23.5 Å². The van der Waals surface area contributed by atoms with E-state index in [-0.39, 0.29) is 24.3 Å². The summed E-state index contributed by atoms with van der Waals surface area (Å²) in [5.41, 5.74) is 1.25. The summed E-state index contributed by atoms with van der Waals surface area (Å²) in [5, 5.41) is 13.0. The van der Waals surface area contributed by atoms with Gasteiger partial charge in [0, 0.05) is 50.3 Å². The van der Waals surface area contributed by atoms with Crippen LogP contribution in [0.25, 0.3) is 11.3 Å². The number of hydrogen-bond donors (Lipinski definition) is 1. The SMILES string of the molecule is COc1nc(Nc2cc(-c3ccc(OC4CCN(C(=O)OC(C)(C)C)CC4(F)F)c(C#N)c3)ncn2)ccc1N1CCN(C)CC1C. The second kappa shape index (κ2) is 13.5. The number of methoxy groups -OCH3 is 1. The molecule has 14 heteroatoms. The summed E-state index contributed by atoms with van der Waals surface area (Å²) in [4.78, 5) is 31.2. The normalized spacial score (nSPS) is 19.9. The Labute approximate surface area is 273 Å². The lowest BCUT2D eigenvalue weighted by Gasteiger charge is -2.40. The molecule has 2 saturated heterocycles. The first-order valence-electron chi connectivity index (χ1n) is 15.4. The Bertz CT molecular complexity index is 1640. The number of nitrogens with one attached hydrogen (secondary N) is 1. The summed E-state index contributed by atoms with van der Waals surface area (Å²) in [6.45, 7) is 9.13. The van der Waals surface area contributed by atoms with E-state index in [9.17, 15) is 10.1 Å². The molecule has 4 heterocycles. The topological polar surface area (TPSA) is 129 Å². The number of carbonyl (C=O) groups is 1. The third-order valence-corrected chi connectivity index (χ3v) is 7.95. The number of benzene rings is 1. The fraction of sp³-hybridized carbons (Fsp3) is 0.485. The van der Waals surface area contributed by atoms with Gasteiger partial charge in [0.25, 0.3) is 0 Å². The molecular weight excluding hydrogens is 610 g/mol. The van der Waals surface area contributed by atoms with E-state index in [1.54, 1.807) is 40.0 Å². The minimum atomic E-state index is -3.36. The third kappa shape index (κ3) is 7.97. The van der Waals surface area contributed by atoms with E-state index in [1.165, 1.54) is 18.5 Å². The van der Waals surface area contributed by atoms with Gasteiger partial charge in [0.1, 0.15) is 41.1 Å². The molecule has 47 heavy (non-hydrogen) atoms. The van der Waals surface area contributed by atoms with Crippen molar-refractivity contribution >= 4 is 23.4 Å². The monoisotopic (exact) mass is 650 g/mol. The number of halogens is 2. The number of likely N-dealkylation sites (tertiary alicyclic amines) is 1. The van der Waals surface area contributed by atoms with E-state index >= 15 is 8.78 Å². The van der Waals surface area contributed by atoms with Crippen LogP contribution in [-0.4, -0.2) is 101 Å². The van der Waals surface area contributed by atoms with Crippen LogP contribution in [0, 0.1) is 11.3 Å². The highest BCUT2D eigenvalue weighted by Gasteiger charge is 2.48. The number of alkyl halides is 2. The first kappa shape index (κ1) is 33.6. The van der Waals surface area contributed by atoms with Crippen molar-refractivity contribution < 1.29 is 27.8 Å². The van der Waals surface area contributed by atoms with Crippen LogP contribution in [-0.2, 0) is 4.74 Å². The number of piperazine rings is 1. The molecule has 0 spiro atoms. The maximum Gasteiger partial charge on any atom is 0.410 e. The van der Waals surface area contributed by atoms with Crippen molar-refractivity contribution in [2.75, 3.05) is 57.1 Å². The Morgan fingerprint density at radius 1 is 1.11 bits per heavy atom. The van der Waals surface area contributed by atoms with E-state index in [0.717, 1.165) is 30.2 Å². The van der Waals surface area contributed by atoms with Crippen LogP contribution in [0.15, 0.2) is 42.7 Å². The fourth-order valence-corrected chi connectivity index (χ4v) is 5.66. The number of pyridine rings is 1. The molecule has 0 saturated carbocycles. The summed E-state index contributed by atoms with van der Waals surface area (Å²) in [5.74, 6) is -1.86. The highest BCUT2D eigenvalue weighted by molar-refractivity contribution is 5.69. The molecule has 2 unspecified atom stereocenters. The molecule has 1 aromatic carbocycles. The van der Waals surface area contributed by atoms with Gasteiger partial charge in [-0.15, -0.1) is 0 Å². The number of ether oxygens (including phenoxy) is 3. The molecule has 2 fully saturated rings. The van der Waals surface area contributed by atoms with Gasteiger partial charge in [0.05, 0.1) is 24.9 Å². The molecule has 3 aromatic rings. The van der Waals surface area contributed by atoms with E-state index < -0.39 is 30.3 Å². The number of aromatic nitrogens is 3. The van der Waals surface area contributed by atoms with E-state index in [0.29, 0.717) is 34.8 Å². The molecular formula is C33H40F2N8O4. The maximum absolute atomic E-state index is 15.1. The van der Waals surface area contributed by atoms with Gasteiger partial charge in [0.15, 0.2) is 6.10 Å². The Morgan fingerprint density at radius 3 is 2.57 bits per heavy atom. The zero-order valence-corrected chi connectivity index (χ0v) is 27.5. The third-order valence-electron chi connectivity index (χ3n) is 7.95. The smallest absolute Gasteiger partial charge is 0.410 e. The number of hydrogen-bond acceptors (Lipinski definition) is 11. The average Bonchev–Trinajstić information content (AvgIpc) is 3.01. The molecule has 2 aliphatic rings. The van der Waals surface area contributed by atoms with E-state index in [1.807, 2.05) is 18.2 Å². The molecule has 1 amide bonds. The second-order valence-electron chi connectivity index (χ2n) is 12.8. The van der Waals surface area contributed by atoms with Crippen molar-refractivity contribution in [2.45, 2.75) is 57.8 Å². The Hall–Kier alpha value is -4.77. The fourth-order valence-electron chi connectivity index (χ4n) is 5.66. The Morgan fingerprint density at radius 2 is 1.89 bits per heavy atom. The minimum Gasteiger partial charge on any atom is -0.483 e. The van der Waals surface area contributed by atoms with Crippen LogP contribution >= 0.6 is 0 Å². The number of anilines is 3. The molecule has 2 atom stereocenters. The first-order valence-corrected chi connectivity index (χ1v) is 15.4. The summed E-state index contributed by atoms with van der Waals surface area (Å²) < 4.78 is 46.8. The summed E-state index contributed by atoms with van der Waals surface area (Å²) >= 11 is 0. The number of carbonyl (C=O) groups excluding carboxylic acids is 1. The molecule has 250 valence electrons. The van der Waals surface area contributed by atoms with Crippen molar-refractivity contribution in [3.63, 3.8) is 0 Å². The highest BCUT2D eigenvalue weighted by atomic mass is 19.3. The van der Waals surface area contributed by atoms with Crippen LogP contribution in [0.4, 0.5) is 30.9 Å². The molecule has 2 aromatic heterocycles. The van der Waals surface area contributed by atoms with Crippen molar-refractivity contribution in [3.05, 3.63) is 48.3 Å². The standard InChI is InChI=1S/C33H40F2N8O4/c1-21-18-41(5)13-14-43(21)25-8-10-28(40-30(25)45-6)39-29-16-24(37-20-38-29)22-7-9-26(23(15-22)17-36)46-27-11-12-42(19-33(27,34)35)31(44)47-32(2,3)4/h7-10,15-16,20-21,27H,11-14,18-19H2,1-6H3,(H,37,38,39,40). The molecule has 0 radical (unpaired) electrons. The average molecular weight is 651 g/mol. The predicted molar refractivity (Wildman–Crippen MR) is 172 cm³/mol. The molecule has 0 bridgehead atoms.